The summed E-state index contributed by atoms with van der Waals surface area (Å²) in [6, 6.07) is 15.9. The van der Waals surface area contributed by atoms with Crippen LogP contribution in [-0.4, -0.2) is 11.7 Å². The van der Waals surface area contributed by atoms with Gasteiger partial charge in [0.15, 0.2) is 0 Å². The van der Waals surface area contributed by atoms with Crippen molar-refractivity contribution in [3.8, 4) is 0 Å². The Balaban J connectivity index is 1.69. The van der Waals surface area contributed by atoms with Crippen LogP contribution in [0.15, 0.2) is 71.9 Å². The minimum absolute atomic E-state index is 0.0889. The Morgan fingerprint density at radius 2 is 1.79 bits per heavy atom. The lowest BCUT2D eigenvalue weighted by Gasteiger charge is -2.12. The highest BCUT2D eigenvalue weighted by Gasteiger charge is 2.52. The van der Waals surface area contributed by atoms with Crippen LogP contribution in [0.3, 0.4) is 0 Å². The number of nitrogens with zero attached hydrogens (tertiary/aromatic N) is 1. The highest BCUT2D eigenvalue weighted by Crippen LogP contribution is 2.50. The van der Waals surface area contributed by atoms with Crippen molar-refractivity contribution in [3.63, 3.8) is 0 Å². The van der Waals surface area contributed by atoms with Crippen molar-refractivity contribution in [1.82, 2.24) is 0 Å². The Labute approximate surface area is 139 Å². The van der Waals surface area contributed by atoms with E-state index in [1.807, 2.05) is 30.3 Å². The number of benzene rings is 2. The topological polar surface area (TPSA) is 67.5 Å². The molecular weight excluding hydrogens is 305 g/mol. The van der Waals surface area contributed by atoms with Gasteiger partial charge in [0.25, 0.3) is 5.91 Å². The molecule has 1 aliphatic rings. The number of carbonyl (C=O) groups excluding carboxylic acids is 1. The molecule has 0 spiro atoms. The zero-order valence-electron chi connectivity index (χ0n) is 13.1. The number of para-hydroxylation sites is 1. The van der Waals surface area contributed by atoms with Gasteiger partial charge >= 0.3 is 0 Å². The number of aliphatic imine (C=N–C) groups is 1. The summed E-state index contributed by atoms with van der Waals surface area (Å²) in [6.07, 6.45) is 4.32. The number of rotatable bonds is 5. The molecule has 24 heavy (non-hydrogen) atoms. The average Bonchev–Trinajstić information content (AvgIpc) is 3.38. The molecule has 0 bridgehead atoms. The van der Waals surface area contributed by atoms with Crippen molar-refractivity contribution in [2.45, 2.75) is 18.3 Å². The molecule has 0 aliphatic heterocycles. The molecule has 0 heterocycles. The second kappa shape index (κ2) is 6.66. The zero-order chi connectivity index (χ0) is 17.0. The Morgan fingerprint density at radius 1 is 1.12 bits per heavy atom. The number of amidine groups is 1. The molecule has 3 N–H and O–H groups in total. The van der Waals surface area contributed by atoms with Crippen LogP contribution in [-0.2, 0) is 10.2 Å². The molecule has 2 aromatic rings. The minimum Gasteiger partial charge on any atom is -0.384 e. The molecule has 1 saturated carbocycles. The summed E-state index contributed by atoms with van der Waals surface area (Å²) >= 11 is 0. The predicted molar refractivity (Wildman–Crippen MR) is 93.1 cm³/mol. The van der Waals surface area contributed by atoms with Gasteiger partial charge < -0.3 is 11.1 Å². The summed E-state index contributed by atoms with van der Waals surface area (Å²) < 4.78 is 14.0. The SMILES string of the molecule is NC(/C=C\Nc1ccccc1)=NC(=O)C1(c2ccccc2F)CC1. The van der Waals surface area contributed by atoms with E-state index in [1.54, 1.807) is 24.4 Å². The van der Waals surface area contributed by atoms with Gasteiger partial charge in [-0.25, -0.2) is 4.39 Å². The van der Waals surface area contributed by atoms with Gasteiger partial charge in [-0.1, -0.05) is 36.4 Å². The molecule has 0 saturated heterocycles. The van der Waals surface area contributed by atoms with Crippen LogP contribution < -0.4 is 11.1 Å². The number of amides is 1. The molecule has 4 nitrogen and oxygen atoms in total. The summed E-state index contributed by atoms with van der Waals surface area (Å²) in [5.41, 5.74) is 6.24. The van der Waals surface area contributed by atoms with Gasteiger partial charge in [-0.15, -0.1) is 0 Å². The molecule has 0 radical (unpaired) electrons. The van der Waals surface area contributed by atoms with Gasteiger partial charge in [0.2, 0.25) is 0 Å². The first-order valence-corrected chi connectivity index (χ1v) is 7.73. The third kappa shape index (κ3) is 3.35. The molecule has 5 heteroatoms. The van der Waals surface area contributed by atoms with Gasteiger partial charge in [0.05, 0.1) is 5.41 Å². The zero-order valence-corrected chi connectivity index (χ0v) is 13.1. The lowest BCUT2D eigenvalue weighted by molar-refractivity contribution is -0.120. The van der Waals surface area contributed by atoms with Crippen molar-refractivity contribution < 1.29 is 9.18 Å². The standard InChI is InChI=1S/C19H18FN3O/c20-16-9-5-4-8-15(16)19(11-12-19)18(24)23-17(21)10-13-22-14-6-2-1-3-7-14/h1-10,13,22H,11-12H2,(H2,21,23,24)/b13-10-. The van der Waals surface area contributed by atoms with E-state index in [4.69, 9.17) is 5.73 Å². The number of nitrogens with one attached hydrogen (secondary N) is 1. The molecule has 1 fully saturated rings. The third-order valence-electron chi connectivity index (χ3n) is 4.06. The minimum atomic E-state index is -0.851. The highest BCUT2D eigenvalue weighted by atomic mass is 19.1. The normalized spacial score (nSPS) is 16.1. The number of nitrogens with two attached hydrogens (primary N) is 1. The Bertz CT molecular complexity index is 795. The average molecular weight is 323 g/mol. The summed E-state index contributed by atoms with van der Waals surface area (Å²) in [5, 5.41) is 3.03. The van der Waals surface area contributed by atoms with Crippen molar-refractivity contribution in [2.24, 2.45) is 10.7 Å². The first-order chi connectivity index (χ1) is 11.6. The molecule has 1 amide bonds. The molecule has 2 aromatic carbocycles. The van der Waals surface area contributed by atoms with Crippen LogP contribution >= 0.6 is 0 Å². The van der Waals surface area contributed by atoms with E-state index in [2.05, 4.69) is 10.3 Å². The Morgan fingerprint density at radius 3 is 2.46 bits per heavy atom. The second-order valence-electron chi connectivity index (χ2n) is 5.75. The first kappa shape index (κ1) is 15.9. The fourth-order valence-corrected chi connectivity index (χ4v) is 2.59. The lowest BCUT2D eigenvalue weighted by atomic mass is 9.94. The second-order valence-corrected chi connectivity index (χ2v) is 5.75. The van der Waals surface area contributed by atoms with Gasteiger partial charge in [0.1, 0.15) is 11.7 Å². The summed E-state index contributed by atoms with van der Waals surface area (Å²) in [7, 11) is 0. The Hall–Kier alpha value is -2.95. The van der Waals surface area contributed by atoms with Crippen LogP contribution in [0.2, 0.25) is 0 Å². The Kier molecular flexibility index (Phi) is 4.42. The monoisotopic (exact) mass is 323 g/mol. The smallest absolute Gasteiger partial charge is 0.258 e. The van der Waals surface area contributed by atoms with Crippen LogP contribution in [0.4, 0.5) is 10.1 Å². The lowest BCUT2D eigenvalue weighted by Crippen LogP contribution is -2.23. The third-order valence-corrected chi connectivity index (χ3v) is 4.06. The van der Waals surface area contributed by atoms with Crippen LogP contribution in [0.1, 0.15) is 18.4 Å². The van der Waals surface area contributed by atoms with E-state index in [0.717, 1.165) is 5.69 Å². The summed E-state index contributed by atoms with van der Waals surface area (Å²) in [6.45, 7) is 0. The molecule has 0 unspecified atom stereocenters. The van der Waals surface area contributed by atoms with Gasteiger partial charge in [0, 0.05) is 17.5 Å². The maximum atomic E-state index is 14.0. The number of carbonyl (C=O) groups is 1. The number of hydrogen-bond donors (Lipinski definition) is 2. The van der Waals surface area contributed by atoms with Crippen molar-refractivity contribution >= 4 is 17.4 Å². The van der Waals surface area contributed by atoms with Crippen LogP contribution in [0.5, 0.6) is 0 Å². The quantitative estimate of drug-likeness (QED) is 0.655. The van der Waals surface area contributed by atoms with E-state index in [1.165, 1.54) is 12.1 Å². The van der Waals surface area contributed by atoms with Gasteiger partial charge in [-0.2, -0.15) is 4.99 Å². The molecule has 0 atom stereocenters. The van der Waals surface area contributed by atoms with Gasteiger partial charge in [-0.3, -0.25) is 4.79 Å². The van der Waals surface area contributed by atoms with Crippen molar-refractivity contribution in [3.05, 3.63) is 78.3 Å². The van der Waals surface area contributed by atoms with E-state index < -0.39 is 11.3 Å². The van der Waals surface area contributed by atoms with E-state index in [9.17, 15) is 9.18 Å². The highest BCUT2D eigenvalue weighted by molar-refractivity contribution is 6.04. The summed E-state index contributed by atoms with van der Waals surface area (Å²) in [4.78, 5) is 16.4. The number of hydrogen-bond acceptors (Lipinski definition) is 2. The molecule has 122 valence electrons. The van der Waals surface area contributed by atoms with Crippen LogP contribution in [0, 0.1) is 5.82 Å². The van der Waals surface area contributed by atoms with Gasteiger partial charge in [-0.05, 0) is 37.1 Å². The maximum Gasteiger partial charge on any atom is 0.258 e. The number of halogens is 1. The van der Waals surface area contributed by atoms with Crippen molar-refractivity contribution in [2.75, 3.05) is 5.32 Å². The largest absolute Gasteiger partial charge is 0.384 e. The van der Waals surface area contributed by atoms with E-state index in [-0.39, 0.29) is 11.7 Å². The van der Waals surface area contributed by atoms with Crippen molar-refractivity contribution in [1.29, 1.82) is 0 Å². The molecule has 3 rings (SSSR count). The number of anilines is 1. The predicted octanol–water partition coefficient (Wildman–Crippen LogP) is 3.37. The molecular formula is C19H18FN3O. The van der Waals surface area contributed by atoms with Crippen LogP contribution in [0.25, 0.3) is 0 Å². The summed E-state index contributed by atoms with van der Waals surface area (Å²) in [5.74, 6) is -0.682. The fraction of sp³-hybridized carbons (Fsp3) is 0.158. The van der Waals surface area contributed by atoms with E-state index in [0.29, 0.717) is 18.4 Å². The maximum absolute atomic E-state index is 14.0. The first-order valence-electron chi connectivity index (χ1n) is 7.73. The van der Waals surface area contributed by atoms with E-state index >= 15 is 0 Å². The molecule has 1 aliphatic carbocycles. The molecule has 0 aromatic heterocycles. The fourth-order valence-electron chi connectivity index (χ4n) is 2.59.